The standard InChI is InChI=1S/C16H12F2O/c1-11-3-2-4-12(9-11)5-8-16(19)13-6-7-14(17)15(18)10-13/h2-10H,1H3/b8-5+. The zero-order chi connectivity index (χ0) is 13.8. The van der Waals surface area contributed by atoms with Crippen molar-refractivity contribution >= 4 is 11.9 Å². The monoisotopic (exact) mass is 258 g/mol. The first-order valence-electron chi connectivity index (χ1n) is 5.80. The van der Waals surface area contributed by atoms with Gasteiger partial charge in [0.05, 0.1) is 0 Å². The summed E-state index contributed by atoms with van der Waals surface area (Å²) in [6.07, 6.45) is 3.00. The van der Waals surface area contributed by atoms with Gasteiger partial charge >= 0.3 is 0 Å². The van der Waals surface area contributed by atoms with E-state index in [9.17, 15) is 13.6 Å². The minimum atomic E-state index is -1.02. The molecule has 0 saturated heterocycles. The molecular weight excluding hydrogens is 246 g/mol. The number of hydrogen-bond donors (Lipinski definition) is 0. The summed E-state index contributed by atoms with van der Waals surface area (Å²) in [6.45, 7) is 1.95. The number of carbonyl (C=O) groups is 1. The Morgan fingerprint density at radius 3 is 2.53 bits per heavy atom. The van der Waals surface area contributed by atoms with Crippen molar-refractivity contribution in [2.24, 2.45) is 0 Å². The number of carbonyl (C=O) groups excluding carboxylic acids is 1. The van der Waals surface area contributed by atoms with Crippen molar-refractivity contribution in [3.05, 3.63) is 76.9 Å². The average molecular weight is 258 g/mol. The highest BCUT2D eigenvalue weighted by Crippen LogP contribution is 2.11. The fourth-order valence-electron chi connectivity index (χ4n) is 1.69. The molecule has 96 valence electrons. The van der Waals surface area contributed by atoms with Gasteiger partial charge in [-0.25, -0.2) is 8.78 Å². The van der Waals surface area contributed by atoms with Gasteiger partial charge in [-0.15, -0.1) is 0 Å². The predicted octanol–water partition coefficient (Wildman–Crippen LogP) is 4.17. The van der Waals surface area contributed by atoms with Crippen LogP contribution >= 0.6 is 0 Å². The van der Waals surface area contributed by atoms with Crippen LogP contribution < -0.4 is 0 Å². The molecule has 2 aromatic carbocycles. The topological polar surface area (TPSA) is 17.1 Å². The normalized spacial score (nSPS) is 10.9. The number of benzene rings is 2. The minimum Gasteiger partial charge on any atom is -0.289 e. The largest absolute Gasteiger partial charge is 0.289 e. The van der Waals surface area contributed by atoms with Crippen LogP contribution in [0.3, 0.4) is 0 Å². The second-order valence-electron chi connectivity index (χ2n) is 4.24. The van der Waals surface area contributed by atoms with Gasteiger partial charge in [-0.2, -0.15) is 0 Å². The van der Waals surface area contributed by atoms with E-state index in [-0.39, 0.29) is 11.3 Å². The van der Waals surface area contributed by atoms with Crippen molar-refractivity contribution < 1.29 is 13.6 Å². The van der Waals surface area contributed by atoms with Gasteiger partial charge in [0.2, 0.25) is 0 Å². The Hall–Kier alpha value is -2.29. The molecule has 2 aromatic rings. The molecule has 0 fully saturated rings. The Balaban J connectivity index is 2.19. The summed E-state index contributed by atoms with van der Waals surface area (Å²) in [5, 5.41) is 0. The maximum atomic E-state index is 13.0. The van der Waals surface area contributed by atoms with E-state index >= 15 is 0 Å². The highest BCUT2D eigenvalue weighted by Gasteiger charge is 2.06. The molecule has 0 radical (unpaired) electrons. The maximum Gasteiger partial charge on any atom is 0.185 e. The predicted molar refractivity (Wildman–Crippen MR) is 70.9 cm³/mol. The SMILES string of the molecule is Cc1cccc(/C=C/C(=O)c2ccc(F)c(F)c2)c1. The maximum absolute atomic E-state index is 13.0. The second kappa shape index (κ2) is 5.57. The van der Waals surface area contributed by atoms with Gasteiger partial charge in [-0.05, 0) is 36.8 Å². The van der Waals surface area contributed by atoms with Crippen LogP contribution in [0, 0.1) is 18.6 Å². The highest BCUT2D eigenvalue weighted by molar-refractivity contribution is 6.06. The highest BCUT2D eigenvalue weighted by atomic mass is 19.2. The quantitative estimate of drug-likeness (QED) is 0.596. The lowest BCUT2D eigenvalue weighted by Crippen LogP contribution is -1.96. The fraction of sp³-hybridized carbons (Fsp3) is 0.0625. The summed E-state index contributed by atoms with van der Waals surface area (Å²) >= 11 is 0. The van der Waals surface area contributed by atoms with Crippen LogP contribution in [0.2, 0.25) is 0 Å². The smallest absolute Gasteiger partial charge is 0.185 e. The van der Waals surface area contributed by atoms with E-state index in [1.165, 1.54) is 12.1 Å². The summed E-state index contributed by atoms with van der Waals surface area (Å²) in [5.74, 6) is -2.34. The van der Waals surface area contributed by atoms with Crippen molar-refractivity contribution in [2.45, 2.75) is 6.92 Å². The van der Waals surface area contributed by atoms with Crippen LogP contribution in [0.5, 0.6) is 0 Å². The third-order valence-electron chi connectivity index (χ3n) is 2.67. The lowest BCUT2D eigenvalue weighted by molar-refractivity contribution is 0.104. The molecule has 0 aliphatic heterocycles. The number of ketones is 1. The van der Waals surface area contributed by atoms with Crippen LogP contribution in [0.25, 0.3) is 6.08 Å². The van der Waals surface area contributed by atoms with E-state index in [0.717, 1.165) is 23.3 Å². The Bertz CT molecular complexity index is 645. The Morgan fingerprint density at radius 2 is 1.84 bits per heavy atom. The van der Waals surface area contributed by atoms with Crippen LogP contribution in [0.4, 0.5) is 8.78 Å². The molecule has 0 aromatic heterocycles. The van der Waals surface area contributed by atoms with E-state index in [2.05, 4.69) is 0 Å². The minimum absolute atomic E-state index is 0.128. The molecule has 19 heavy (non-hydrogen) atoms. The molecule has 0 N–H and O–H groups in total. The molecule has 3 heteroatoms. The zero-order valence-corrected chi connectivity index (χ0v) is 10.4. The lowest BCUT2D eigenvalue weighted by Gasteiger charge is -1.98. The summed E-state index contributed by atoms with van der Waals surface area (Å²) < 4.78 is 25.8. The number of hydrogen-bond acceptors (Lipinski definition) is 1. The van der Waals surface area contributed by atoms with Gasteiger partial charge in [0.1, 0.15) is 0 Å². The van der Waals surface area contributed by atoms with Crippen molar-refractivity contribution in [1.29, 1.82) is 0 Å². The molecule has 0 amide bonds. The summed E-state index contributed by atoms with van der Waals surface area (Å²) in [4.78, 5) is 11.8. The molecule has 0 unspecified atom stereocenters. The van der Waals surface area contributed by atoms with Crippen molar-refractivity contribution in [3.8, 4) is 0 Å². The van der Waals surface area contributed by atoms with Crippen LogP contribution in [0.1, 0.15) is 21.5 Å². The number of aryl methyl sites for hydroxylation is 1. The number of halogens is 2. The van der Waals surface area contributed by atoms with E-state index < -0.39 is 11.6 Å². The summed E-state index contributed by atoms with van der Waals surface area (Å²) in [6, 6.07) is 10.7. The Labute approximate surface area is 110 Å². The molecule has 0 spiro atoms. The molecule has 0 aliphatic carbocycles. The molecule has 0 aliphatic rings. The zero-order valence-electron chi connectivity index (χ0n) is 10.4. The Kier molecular flexibility index (Phi) is 3.85. The molecule has 2 rings (SSSR count). The van der Waals surface area contributed by atoms with Crippen LogP contribution in [-0.4, -0.2) is 5.78 Å². The van der Waals surface area contributed by atoms with E-state index in [1.54, 1.807) is 6.08 Å². The fourth-order valence-corrected chi connectivity index (χ4v) is 1.69. The van der Waals surface area contributed by atoms with Gasteiger partial charge in [0, 0.05) is 5.56 Å². The van der Waals surface area contributed by atoms with Crippen LogP contribution in [0.15, 0.2) is 48.5 Å². The molecule has 0 heterocycles. The Morgan fingerprint density at radius 1 is 1.05 bits per heavy atom. The van der Waals surface area contributed by atoms with Crippen molar-refractivity contribution in [1.82, 2.24) is 0 Å². The lowest BCUT2D eigenvalue weighted by atomic mass is 10.1. The number of rotatable bonds is 3. The summed E-state index contributed by atoms with van der Waals surface area (Å²) in [5.41, 5.74) is 2.10. The van der Waals surface area contributed by atoms with Gasteiger partial charge < -0.3 is 0 Å². The molecule has 0 atom stereocenters. The average Bonchev–Trinajstić information content (AvgIpc) is 2.39. The molecular formula is C16H12F2O. The van der Waals surface area contributed by atoms with Gasteiger partial charge in [0.15, 0.2) is 17.4 Å². The van der Waals surface area contributed by atoms with Crippen LogP contribution in [-0.2, 0) is 0 Å². The van der Waals surface area contributed by atoms with Gasteiger partial charge in [-0.1, -0.05) is 35.9 Å². The first-order valence-corrected chi connectivity index (χ1v) is 5.80. The van der Waals surface area contributed by atoms with Gasteiger partial charge in [-0.3, -0.25) is 4.79 Å². The first-order chi connectivity index (χ1) is 9.06. The van der Waals surface area contributed by atoms with E-state index in [0.29, 0.717) is 0 Å². The van der Waals surface area contributed by atoms with Crippen molar-refractivity contribution in [3.63, 3.8) is 0 Å². The molecule has 1 nitrogen and oxygen atoms in total. The second-order valence-corrected chi connectivity index (χ2v) is 4.24. The third-order valence-corrected chi connectivity index (χ3v) is 2.67. The van der Waals surface area contributed by atoms with Crippen molar-refractivity contribution in [2.75, 3.05) is 0 Å². The molecule has 0 bridgehead atoms. The third kappa shape index (κ3) is 3.35. The summed E-state index contributed by atoms with van der Waals surface area (Å²) in [7, 11) is 0. The van der Waals surface area contributed by atoms with E-state index in [1.807, 2.05) is 31.2 Å². The van der Waals surface area contributed by atoms with Gasteiger partial charge in [0.25, 0.3) is 0 Å². The first kappa shape index (κ1) is 13.1. The van der Waals surface area contributed by atoms with E-state index in [4.69, 9.17) is 0 Å². The number of allylic oxidation sites excluding steroid dienone is 1. The molecule has 0 saturated carbocycles.